The zero-order valence-corrected chi connectivity index (χ0v) is 17.0. The van der Waals surface area contributed by atoms with Gasteiger partial charge in [-0.2, -0.15) is 0 Å². The molecule has 2 saturated carbocycles. The highest BCUT2D eigenvalue weighted by Gasteiger charge is 2.76. The van der Waals surface area contributed by atoms with Crippen LogP contribution in [0.2, 0.25) is 0 Å². The van der Waals surface area contributed by atoms with Crippen LogP contribution in [0.5, 0.6) is 0 Å². The lowest BCUT2D eigenvalue weighted by Crippen LogP contribution is -2.69. The lowest BCUT2D eigenvalue weighted by molar-refractivity contribution is -0.219. The summed E-state index contributed by atoms with van der Waals surface area (Å²) in [5, 5.41) is 41.4. The SMILES string of the molecule is C[C@@H]1CC2C3C=C(F)C4=CC(=O)/C(=C\O)C[C@]4(C)[C@@]3(F)[C@@H](O)C[C@]2(C)[C@@]1(O)C(=O)O. The number of hydrogen-bond donors (Lipinski definition) is 4. The lowest BCUT2D eigenvalue weighted by Gasteiger charge is -2.61. The molecular weight excluding hydrogens is 398 g/mol. The van der Waals surface area contributed by atoms with Crippen LogP contribution in [0.3, 0.4) is 0 Å². The molecule has 164 valence electrons. The topological polar surface area (TPSA) is 115 Å². The molecular formula is C22H26F2O6. The molecule has 0 radical (unpaired) electrons. The van der Waals surface area contributed by atoms with Gasteiger partial charge in [0, 0.05) is 27.9 Å². The molecule has 4 rings (SSSR count). The molecule has 30 heavy (non-hydrogen) atoms. The first-order chi connectivity index (χ1) is 13.8. The molecule has 0 aromatic heterocycles. The summed E-state index contributed by atoms with van der Waals surface area (Å²) in [6, 6.07) is 0. The van der Waals surface area contributed by atoms with Crippen LogP contribution in [-0.2, 0) is 9.59 Å². The molecule has 4 N–H and O–H groups in total. The fourth-order valence-corrected chi connectivity index (χ4v) is 6.98. The largest absolute Gasteiger partial charge is 0.515 e. The molecule has 4 aliphatic carbocycles. The van der Waals surface area contributed by atoms with Gasteiger partial charge in [-0.25, -0.2) is 13.6 Å². The van der Waals surface area contributed by atoms with E-state index >= 15 is 8.78 Å². The smallest absolute Gasteiger partial charge is 0.336 e. The Kier molecular flexibility index (Phi) is 4.24. The van der Waals surface area contributed by atoms with Gasteiger partial charge < -0.3 is 20.4 Å². The fourth-order valence-electron chi connectivity index (χ4n) is 6.98. The molecule has 0 aromatic rings. The van der Waals surface area contributed by atoms with E-state index in [0.29, 0.717) is 6.26 Å². The van der Waals surface area contributed by atoms with Crippen LogP contribution in [0.4, 0.5) is 8.78 Å². The summed E-state index contributed by atoms with van der Waals surface area (Å²) in [4.78, 5) is 24.2. The summed E-state index contributed by atoms with van der Waals surface area (Å²) < 4.78 is 32.2. The van der Waals surface area contributed by atoms with Gasteiger partial charge in [-0.3, -0.25) is 4.79 Å². The standard InChI is InChI=1S/C22H26F2O6/c1-10-4-12-13-5-15(23)14-6-16(26)11(9-25)7-19(14,2)21(13,24)17(27)8-20(12,3)22(10,30)18(28)29/h5-6,9-10,12-13,17,25,27,30H,4,7-8H2,1-3H3,(H,28,29)/b11-9-/t10-,12?,13?,17+,19+,20+,21+,22+/m1/s1. The van der Waals surface area contributed by atoms with Crippen molar-refractivity contribution in [1.29, 1.82) is 0 Å². The normalized spacial score (nSPS) is 51.6. The van der Waals surface area contributed by atoms with Crippen LogP contribution in [0.1, 0.15) is 40.0 Å². The monoisotopic (exact) mass is 424 g/mol. The minimum Gasteiger partial charge on any atom is -0.515 e. The molecule has 0 spiro atoms. The van der Waals surface area contributed by atoms with Crippen LogP contribution < -0.4 is 0 Å². The van der Waals surface area contributed by atoms with E-state index in [1.807, 2.05) is 0 Å². The number of halogens is 2. The van der Waals surface area contributed by atoms with E-state index < -0.39 is 63.5 Å². The number of hydrogen-bond acceptors (Lipinski definition) is 5. The third kappa shape index (κ3) is 2.09. The van der Waals surface area contributed by atoms with E-state index in [1.54, 1.807) is 6.92 Å². The lowest BCUT2D eigenvalue weighted by atomic mass is 9.45. The van der Waals surface area contributed by atoms with Gasteiger partial charge in [0.1, 0.15) is 5.83 Å². The molecule has 0 amide bonds. The Bertz CT molecular complexity index is 940. The first-order valence-corrected chi connectivity index (χ1v) is 10.1. The van der Waals surface area contributed by atoms with Gasteiger partial charge in [-0.15, -0.1) is 0 Å². The van der Waals surface area contributed by atoms with Crippen molar-refractivity contribution in [2.45, 2.75) is 57.4 Å². The number of carbonyl (C=O) groups excluding carboxylic acids is 1. The summed E-state index contributed by atoms with van der Waals surface area (Å²) in [5.74, 6) is -5.56. The van der Waals surface area contributed by atoms with E-state index in [2.05, 4.69) is 0 Å². The molecule has 4 aliphatic rings. The molecule has 2 unspecified atom stereocenters. The molecule has 0 aliphatic heterocycles. The van der Waals surface area contributed by atoms with Gasteiger partial charge in [-0.1, -0.05) is 20.8 Å². The van der Waals surface area contributed by atoms with E-state index in [0.717, 1.165) is 12.2 Å². The average molecular weight is 424 g/mol. The molecule has 2 fully saturated rings. The number of allylic oxidation sites excluding steroid dienone is 5. The zero-order chi connectivity index (χ0) is 22.4. The maximum absolute atomic E-state index is 17.0. The van der Waals surface area contributed by atoms with Gasteiger partial charge in [0.15, 0.2) is 17.1 Å². The summed E-state index contributed by atoms with van der Waals surface area (Å²) in [6.45, 7) is 4.49. The first kappa shape index (κ1) is 21.2. The maximum Gasteiger partial charge on any atom is 0.336 e. The number of rotatable bonds is 1. The van der Waals surface area contributed by atoms with Crippen LogP contribution in [0.15, 0.2) is 35.4 Å². The van der Waals surface area contributed by atoms with Crippen molar-refractivity contribution in [2.75, 3.05) is 0 Å². The molecule has 0 saturated heterocycles. The summed E-state index contributed by atoms with van der Waals surface area (Å²) in [6.07, 6.45) is 0.369. The number of fused-ring (bicyclic) bond motifs is 5. The van der Waals surface area contributed by atoms with Crippen LogP contribution in [-0.4, -0.2) is 49.6 Å². The van der Waals surface area contributed by atoms with Gasteiger partial charge in [0.2, 0.25) is 0 Å². The van der Waals surface area contributed by atoms with Crippen molar-refractivity contribution in [1.82, 2.24) is 0 Å². The quantitative estimate of drug-likeness (QED) is 0.380. The van der Waals surface area contributed by atoms with Crippen molar-refractivity contribution >= 4 is 11.8 Å². The minimum atomic E-state index is -2.42. The summed E-state index contributed by atoms with van der Waals surface area (Å²) >= 11 is 0. The van der Waals surface area contributed by atoms with Gasteiger partial charge in [0.05, 0.1) is 12.4 Å². The Morgan fingerprint density at radius 3 is 2.53 bits per heavy atom. The van der Waals surface area contributed by atoms with Crippen molar-refractivity contribution in [3.8, 4) is 0 Å². The van der Waals surface area contributed by atoms with Crippen LogP contribution in [0.25, 0.3) is 0 Å². The van der Waals surface area contributed by atoms with Gasteiger partial charge in [-0.05, 0) is 43.3 Å². The van der Waals surface area contributed by atoms with Gasteiger partial charge in [0.25, 0.3) is 0 Å². The Balaban J connectivity index is 1.95. The Morgan fingerprint density at radius 2 is 1.97 bits per heavy atom. The predicted octanol–water partition coefficient (Wildman–Crippen LogP) is 2.77. The maximum atomic E-state index is 17.0. The third-order valence-electron chi connectivity index (χ3n) is 8.67. The number of aliphatic hydroxyl groups is 3. The van der Waals surface area contributed by atoms with Crippen molar-refractivity contribution < 1.29 is 38.8 Å². The van der Waals surface area contributed by atoms with E-state index in [4.69, 9.17) is 0 Å². The third-order valence-corrected chi connectivity index (χ3v) is 8.67. The number of carboxylic acid groups (broad SMARTS) is 1. The Morgan fingerprint density at radius 1 is 1.33 bits per heavy atom. The summed E-state index contributed by atoms with van der Waals surface area (Å²) in [7, 11) is 0. The van der Waals surface area contributed by atoms with Crippen molar-refractivity contribution in [2.24, 2.45) is 28.6 Å². The Labute approximate surface area is 172 Å². The van der Waals surface area contributed by atoms with Crippen molar-refractivity contribution in [3.63, 3.8) is 0 Å². The van der Waals surface area contributed by atoms with Gasteiger partial charge >= 0.3 is 5.97 Å². The number of aliphatic hydroxyl groups excluding tert-OH is 2. The second-order valence-corrected chi connectivity index (χ2v) is 9.85. The van der Waals surface area contributed by atoms with Crippen LogP contribution in [0, 0.1) is 28.6 Å². The average Bonchev–Trinajstić information content (AvgIpc) is 2.87. The molecule has 6 nitrogen and oxygen atoms in total. The number of carbonyl (C=O) groups is 2. The fraction of sp³-hybridized carbons (Fsp3) is 0.636. The minimum absolute atomic E-state index is 0.0888. The number of aliphatic carboxylic acids is 1. The molecule has 0 aromatic carbocycles. The van der Waals surface area contributed by atoms with Crippen molar-refractivity contribution in [3.05, 3.63) is 35.4 Å². The highest BCUT2D eigenvalue weighted by atomic mass is 19.1. The molecule has 0 bridgehead atoms. The molecule has 0 heterocycles. The molecule has 8 heteroatoms. The number of alkyl halides is 1. The second kappa shape index (κ2) is 6.01. The predicted molar refractivity (Wildman–Crippen MR) is 102 cm³/mol. The number of carboxylic acids is 1. The number of ketones is 1. The molecule has 8 atom stereocenters. The second-order valence-electron chi connectivity index (χ2n) is 9.85. The Hall–Kier alpha value is -2.06. The van der Waals surface area contributed by atoms with E-state index in [9.17, 15) is 30.0 Å². The van der Waals surface area contributed by atoms with Crippen LogP contribution >= 0.6 is 0 Å². The zero-order valence-electron chi connectivity index (χ0n) is 17.0. The van der Waals surface area contributed by atoms with E-state index in [-0.39, 0.29) is 30.4 Å². The highest BCUT2D eigenvalue weighted by molar-refractivity contribution is 6.06. The highest BCUT2D eigenvalue weighted by Crippen LogP contribution is 2.70. The first-order valence-electron chi connectivity index (χ1n) is 10.1. The summed E-state index contributed by atoms with van der Waals surface area (Å²) in [5.41, 5.74) is -7.90. The van der Waals surface area contributed by atoms with E-state index in [1.165, 1.54) is 13.8 Å².